The van der Waals surface area contributed by atoms with Crippen molar-refractivity contribution in [3.05, 3.63) is 53.1 Å². The summed E-state index contributed by atoms with van der Waals surface area (Å²) in [4.78, 5) is 16.1. The number of carbonyl (C=O) groups is 1. The van der Waals surface area contributed by atoms with E-state index in [9.17, 15) is 4.79 Å². The number of rotatable bonds is 6. The quantitative estimate of drug-likeness (QED) is 0.535. The third-order valence-electron chi connectivity index (χ3n) is 7.45. The van der Waals surface area contributed by atoms with Crippen molar-refractivity contribution in [1.82, 2.24) is 0 Å². The van der Waals surface area contributed by atoms with Crippen LogP contribution in [0.1, 0.15) is 72.9 Å². The Labute approximate surface area is 186 Å². The molecule has 4 nitrogen and oxygen atoms in total. The normalized spacial score (nSPS) is 23.2. The van der Waals surface area contributed by atoms with Crippen molar-refractivity contribution in [2.75, 3.05) is 26.2 Å². The maximum Gasteiger partial charge on any atom is 0.170 e. The van der Waals surface area contributed by atoms with Crippen molar-refractivity contribution in [2.24, 2.45) is 5.92 Å². The van der Waals surface area contributed by atoms with Gasteiger partial charge in [0.1, 0.15) is 11.5 Å². The minimum absolute atomic E-state index is 0.0162. The molecule has 0 spiro atoms. The largest absolute Gasteiger partial charge is 0.497 e. The number of methoxy groups -OCH3 is 2. The standard InChI is InChI=1S/C27H35NO3/c1-5-20-12-10-19-16-18(11-14-25(19)28(20)2)22-8-6-7-9-23(22)27(29)24-17-21(30-3)13-15-26(24)31-4/h11,13-17,20,22-23H,5-10,12H2,1-4H3. The molecule has 1 aliphatic heterocycles. The van der Waals surface area contributed by atoms with Crippen molar-refractivity contribution in [2.45, 2.75) is 63.8 Å². The van der Waals surface area contributed by atoms with Crippen molar-refractivity contribution >= 4 is 11.5 Å². The molecule has 1 saturated carbocycles. The molecule has 2 aromatic carbocycles. The highest BCUT2D eigenvalue weighted by molar-refractivity contribution is 6.01. The van der Waals surface area contributed by atoms with Gasteiger partial charge in [-0.3, -0.25) is 4.79 Å². The van der Waals surface area contributed by atoms with Gasteiger partial charge in [-0.05, 0) is 73.4 Å². The number of anilines is 1. The lowest BCUT2D eigenvalue weighted by Crippen LogP contribution is -2.35. The molecule has 166 valence electrons. The summed E-state index contributed by atoms with van der Waals surface area (Å²) in [6, 6.07) is 13.1. The molecule has 2 aromatic rings. The van der Waals surface area contributed by atoms with E-state index in [1.54, 1.807) is 14.2 Å². The highest BCUT2D eigenvalue weighted by Gasteiger charge is 2.34. The molecule has 2 aliphatic rings. The SMILES string of the molecule is CCC1CCc2cc(C3CCCCC3C(=O)c3cc(OC)ccc3OC)ccc2N1C. The number of Topliss-reactive ketones (excluding diaryl/α,β-unsaturated/α-hetero) is 1. The Bertz CT molecular complexity index is 938. The van der Waals surface area contributed by atoms with Gasteiger partial charge in [0.25, 0.3) is 0 Å². The molecule has 0 aromatic heterocycles. The lowest BCUT2D eigenvalue weighted by atomic mass is 9.71. The van der Waals surface area contributed by atoms with Gasteiger partial charge in [-0.15, -0.1) is 0 Å². The Morgan fingerprint density at radius 1 is 1.03 bits per heavy atom. The number of hydrogen-bond acceptors (Lipinski definition) is 4. The first-order valence-electron chi connectivity index (χ1n) is 11.7. The number of aryl methyl sites for hydroxylation is 1. The zero-order valence-electron chi connectivity index (χ0n) is 19.3. The van der Waals surface area contributed by atoms with Crippen LogP contribution in [0.3, 0.4) is 0 Å². The molecule has 0 bridgehead atoms. The molecule has 4 heteroatoms. The summed E-state index contributed by atoms with van der Waals surface area (Å²) in [5.41, 5.74) is 4.75. The van der Waals surface area contributed by atoms with E-state index < -0.39 is 0 Å². The van der Waals surface area contributed by atoms with Gasteiger partial charge in [-0.25, -0.2) is 0 Å². The van der Waals surface area contributed by atoms with Crippen LogP contribution in [-0.4, -0.2) is 33.1 Å². The van der Waals surface area contributed by atoms with Crippen molar-refractivity contribution in [1.29, 1.82) is 0 Å². The fourth-order valence-corrected chi connectivity index (χ4v) is 5.62. The van der Waals surface area contributed by atoms with Crippen LogP contribution >= 0.6 is 0 Å². The molecule has 0 saturated heterocycles. The van der Waals surface area contributed by atoms with E-state index in [4.69, 9.17) is 9.47 Å². The minimum atomic E-state index is -0.0162. The van der Waals surface area contributed by atoms with Gasteiger partial charge >= 0.3 is 0 Å². The van der Waals surface area contributed by atoms with E-state index in [-0.39, 0.29) is 17.6 Å². The number of hydrogen-bond donors (Lipinski definition) is 0. The lowest BCUT2D eigenvalue weighted by Gasteiger charge is -2.37. The van der Waals surface area contributed by atoms with Gasteiger partial charge in [-0.1, -0.05) is 31.9 Å². The Kier molecular flexibility index (Phi) is 6.54. The van der Waals surface area contributed by atoms with Crippen molar-refractivity contribution < 1.29 is 14.3 Å². The first kappa shape index (κ1) is 21.7. The van der Waals surface area contributed by atoms with Gasteiger partial charge in [0, 0.05) is 24.7 Å². The smallest absolute Gasteiger partial charge is 0.170 e. The Morgan fingerprint density at radius 2 is 1.84 bits per heavy atom. The zero-order chi connectivity index (χ0) is 22.0. The molecule has 1 heterocycles. The number of ether oxygens (including phenoxy) is 2. The second-order valence-electron chi connectivity index (χ2n) is 9.03. The molecule has 3 atom stereocenters. The molecule has 1 aliphatic carbocycles. The highest BCUT2D eigenvalue weighted by atomic mass is 16.5. The summed E-state index contributed by atoms with van der Waals surface area (Å²) in [7, 11) is 5.47. The van der Waals surface area contributed by atoms with Crippen LogP contribution in [0.25, 0.3) is 0 Å². The van der Waals surface area contributed by atoms with E-state index in [0.29, 0.717) is 23.1 Å². The summed E-state index contributed by atoms with van der Waals surface area (Å²) in [5.74, 6) is 1.75. The Balaban J connectivity index is 1.65. The van der Waals surface area contributed by atoms with Gasteiger partial charge in [0.05, 0.1) is 19.8 Å². The third kappa shape index (κ3) is 4.17. The maximum atomic E-state index is 13.7. The fraction of sp³-hybridized carbons (Fsp3) is 0.519. The molecular weight excluding hydrogens is 386 g/mol. The Hall–Kier alpha value is -2.49. The summed E-state index contributed by atoms with van der Waals surface area (Å²) in [6.45, 7) is 2.27. The highest BCUT2D eigenvalue weighted by Crippen LogP contribution is 2.43. The summed E-state index contributed by atoms with van der Waals surface area (Å²) < 4.78 is 10.9. The average molecular weight is 422 g/mol. The van der Waals surface area contributed by atoms with Gasteiger partial charge in [0.15, 0.2) is 5.78 Å². The summed E-state index contributed by atoms with van der Waals surface area (Å²) >= 11 is 0. The van der Waals surface area contributed by atoms with Crippen LogP contribution in [0.4, 0.5) is 5.69 Å². The van der Waals surface area contributed by atoms with Crippen molar-refractivity contribution in [3.63, 3.8) is 0 Å². The first-order chi connectivity index (χ1) is 15.1. The van der Waals surface area contributed by atoms with Gasteiger partial charge < -0.3 is 14.4 Å². The van der Waals surface area contributed by atoms with Gasteiger partial charge in [-0.2, -0.15) is 0 Å². The van der Waals surface area contributed by atoms with Crippen molar-refractivity contribution in [3.8, 4) is 11.5 Å². The zero-order valence-corrected chi connectivity index (χ0v) is 19.3. The number of fused-ring (bicyclic) bond motifs is 1. The monoisotopic (exact) mass is 421 g/mol. The van der Waals surface area contributed by atoms with E-state index in [1.807, 2.05) is 18.2 Å². The number of nitrogens with zero attached hydrogens (tertiary/aromatic N) is 1. The van der Waals surface area contributed by atoms with Crippen LogP contribution in [0.15, 0.2) is 36.4 Å². The second kappa shape index (κ2) is 9.33. The van der Waals surface area contributed by atoms with E-state index in [0.717, 1.165) is 25.7 Å². The molecule has 0 N–H and O–H groups in total. The fourth-order valence-electron chi connectivity index (χ4n) is 5.62. The predicted octanol–water partition coefficient (Wildman–Crippen LogP) is 6.02. The molecule has 4 rings (SSSR count). The molecule has 3 unspecified atom stereocenters. The summed E-state index contributed by atoms with van der Waals surface area (Å²) in [5, 5.41) is 0. The van der Waals surface area contributed by atoms with Crippen LogP contribution < -0.4 is 14.4 Å². The first-order valence-corrected chi connectivity index (χ1v) is 11.7. The molecular formula is C27H35NO3. The van der Waals surface area contributed by atoms with E-state index in [1.165, 1.54) is 36.1 Å². The topological polar surface area (TPSA) is 38.8 Å². The maximum absolute atomic E-state index is 13.7. The average Bonchev–Trinajstić information content (AvgIpc) is 2.83. The number of ketones is 1. The van der Waals surface area contributed by atoms with E-state index >= 15 is 0 Å². The van der Waals surface area contributed by atoms with Crippen LogP contribution in [0.5, 0.6) is 11.5 Å². The number of benzene rings is 2. The lowest BCUT2D eigenvalue weighted by molar-refractivity contribution is 0.0864. The minimum Gasteiger partial charge on any atom is -0.497 e. The van der Waals surface area contributed by atoms with Gasteiger partial charge in [0.2, 0.25) is 0 Å². The van der Waals surface area contributed by atoms with Crippen LogP contribution in [0, 0.1) is 5.92 Å². The second-order valence-corrected chi connectivity index (χ2v) is 9.03. The molecule has 0 radical (unpaired) electrons. The summed E-state index contributed by atoms with van der Waals surface area (Å²) in [6.07, 6.45) is 7.79. The third-order valence-corrected chi connectivity index (χ3v) is 7.45. The molecule has 31 heavy (non-hydrogen) atoms. The van der Waals surface area contributed by atoms with Crippen LogP contribution in [0.2, 0.25) is 0 Å². The molecule has 0 amide bonds. The number of carbonyl (C=O) groups excluding carboxylic acids is 1. The van der Waals surface area contributed by atoms with Crippen LogP contribution in [-0.2, 0) is 6.42 Å². The predicted molar refractivity (Wildman–Crippen MR) is 126 cm³/mol. The molecule has 1 fully saturated rings. The van der Waals surface area contributed by atoms with E-state index in [2.05, 4.69) is 37.1 Å². The Morgan fingerprint density at radius 3 is 2.58 bits per heavy atom.